The van der Waals surface area contributed by atoms with Crippen molar-refractivity contribution < 1.29 is 14.0 Å². The molecule has 3 N–H and O–H groups in total. The van der Waals surface area contributed by atoms with Crippen LogP contribution in [0, 0.1) is 11.7 Å². The molecule has 0 spiro atoms. The molecule has 0 bridgehead atoms. The molecule has 2 atom stereocenters. The molecule has 7 heteroatoms. The standard InChI is InChI=1S/C19H28FN3O2.ClH/c1-3-23(18(25)16-6-4-5-11-19(16,2)21)13-17(24)22-12-14-7-9-15(20)10-8-14;/h7-10,16H,3-6,11-13,21H2,1-2H3,(H,22,24);1H. The van der Waals surface area contributed by atoms with Gasteiger partial charge in [-0.15, -0.1) is 12.4 Å². The number of nitrogens with two attached hydrogens (primary N) is 1. The third-order valence-corrected chi connectivity index (χ3v) is 4.98. The normalized spacial score (nSPS) is 22.2. The molecule has 5 nitrogen and oxygen atoms in total. The van der Waals surface area contributed by atoms with Gasteiger partial charge in [-0.25, -0.2) is 4.39 Å². The van der Waals surface area contributed by atoms with Gasteiger partial charge in [0.25, 0.3) is 0 Å². The summed E-state index contributed by atoms with van der Waals surface area (Å²) in [5.74, 6) is -0.806. The topological polar surface area (TPSA) is 75.4 Å². The lowest BCUT2D eigenvalue weighted by Gasteiger charge is -2.39. The number of hydrogen-bond acceptors (Lipinski definition) is 3. The molecule has 1 fully saturated rings. The van der Waals surface area contributed by atoms with Crippen LogP contribution in [0.3, 0.4) is 0 Å². The van der Waals surface area contributed by atoms with Crippen molar-refractivity contribution in [3.8, 4) is 0 Å². The van der Waals surface area contributed by atoms with Gasteiger partial charge in [0.15, 0.2) is 0 Å². The molecule has 0 heterocycles. The Morgan fingerprint density at radius 3 is 2.54 bits per heavy atom. The van der Waals surface area contributed by atoms with Crippen LogP contribution < -0.4 is 11.1 Å². The molecule has 1 aromatic rings. The third kappa shape index (κ3) is 5.95. The maximum Gasteiger partial charge on any atom is 0.239 e. The van der Waals surface area contributed by atoms with Crippen molar-refractivity contribution in [1.29, 1.82) is 0 Å². The van der Waals surface area contributed by atoms with Crippen LogP contribution in [0.5, 0.6) is 0 Å². The Morgan fingerprint density at radius 1 is 1.31 bits per heavy atom. The minimum absolute atomic E-state index is 0. The molecule has 26 heavy (non-hydrogen) atoms. The smallest absolute Gasteiger partial charge is 0.239 e. The molecule has 2 amide bonds. The van der Waals surface area contributed by atoms with Crippen LogP contribution in [-0.4, -0.2) is 35.3 Å². The highest BCUT2D eigenvalue weighted by Crippen LogP contribution is 2.32. The summed E-state index contributed by atoms with van der Waals surface area (Å²) in [7, 11) is 0. The van der Waals surface area contributed by atoms with E-state index < -0.39 is 5.54 Å². The van der Waals surface area contributed by atoms with Gasteiger partial charge in [-0.3, -0.25) is 9.59 Å². The van der Waals surface area contributed by atoms with E-state index in [9.17, 15) is 14.0 Å². The van der Waals surface area contributed by atoms with Crippen molar-refractivity contribution in [1.82, 2.24) is 10.2 Å². The van der Waals surface area contributed by atoms with E-state index in [4.69, 9.17) is 5.73 Å². The quantitative estimate of drug-likeness (QED) is 0.790. The van der Waals surface area contributed by atoms with E-state index in [0.29, 0.717) is 13.1 Å². The fraction of sp³-hybridized carbons (Fsp3) is 0.579. The molecule has 146 valence electrons. The largest absolute Gasteiger partial charge is 0.350 e. The van der Waals surface area contributed by atoms with Crippen molar-refractivity contribution in [2.24, 2.45) is 11.7 Å². The van der Waals surface area contributed by atoms with Gasteiger partial charge in [0.05, 0.1) is 12.5 Å². The van der Waals surface area contributed by atoms with Crippen LogP contribution in [0.2, 0.25) is 0 Å². The highest BCUT2D eigenvalue weighted by Gasteiger charge is 2.39. The fourth-order valence-electron chi connectivity index (χ4n) is 3.36. The Hall–Kier alpha value is -1.66. The summed E-state index contributed by atoms with van der Waals surface area (Å²) in [6.45, 7) is 4.58. The molecular formula is C19H29ClFN3O2. The summed E-state index contributed by atoms with van der Waals surface area (Å²) < 4.78 is 12.9. The fourth-order valence-corrected chi connectivity index (χ4v) is 3.36. The number of likely N-dealkylation sites (N-methyl/N-ethyl adjacent to an activating group) is 1. The molecule has 1 aliphatic carbocycles. The maximum atomic E-state index is 12.9. The molecule has 0 aliphatic heterocycles. The van der Waals surface area contributed by atoms with Gasteiger partial charge >= 0.3 is 0 Å². The predicted molar refractivity (Wildman–Crippen MR) is 102 cm³/mol. The van der Waals surface area contributed by atoms with Crippen molar-refractivity contribution in [3.63, 3.8) is 0 Å². The van der Waals surface area contributed by atoms with E-state index in [1.54, 1.807) is 17.0 Å². The highest BCUT2D eigenvalue weighted by molar-refractivity contribution is 5.86. The van der Waals surface area contributed by atoms with Gasteiger partial charge in [-0.1, -0.05) is 25.0 Å². The Kier molecular flexibility index (Phi) is 8.50. The average Bonchev–Trinajstić information content (AvgIpc) is 2.58. The average molecular weight is 386 g/mol. The first kappa shape index (κ1) is 22.4. The summed E-state index contributed by atoms with van der Waals surface area (Å²) in [5, 5.41) is 2.78. The second kappa shape index (κ2) is 9.88. The monoisotopic (exact) mass is 385 g/mol. The minimum Gasteiger partial charge on any atom is -0.350 e. The van der Waals surface area contributed by atoms with Gasteiger partial charge in [-0.2, -0.15) is 0 Å². The van der Waals surface area contributed by atoms with Gasteiger partial charge in [0.2, 0.25) is 11.8 Å². The second-order valence-corrected chi connectivity index (χ2v) is 7.06. The number of carbonyl (C=O) groups is 2. The summed E-state index contributed by atoms with van der Waals surface area (Å²) in [5.41, 5.74) is 6.62. The van der Waals surface area contributed by atoms with Crippen molar-refractivity contribution in [2.45, 2.75) is 51.6 Å². The van der Waals surface area contributed by atoms with Crippen LogP contribution in [0.4, 0.5) is 4.39 Å². The number of hydrogen-bond donors (Lipinski definition) is 2. The van der Waals surface area contributed by atoms with Gasteiger partial charge < -0.3 is 16.0 Å². The molecule has 1 saturated carbocycles. The molecule has 0 radical (unpaired) electrons. The lowest BCUT2D eigenvalue weighted by molar-refractivity contribution is -0.142. The zero-order chi connectivity index (χ0) is 18.4. The van der Waals surface area contributed by atoms with Crippen molar-refractivity contribution >= 4 is 24.2 Å². The molecule has 1 aromatic carbocycles. The van der Waals surface area contributed by atoms with Crippen molar-refractivity contribution in [2.75, 3.05) is 13.1 Å². The number of nitrogens with one attached hydrogen (secondary N) is 1. The predicted octanol–water partition coefficient (Wildman–Crippen LogP) is 2.62. The van der Waals surface area contributed by atoms with E-state index >= 15 is 0 Å². The summed E-state index contributed by atoms with van der Waals surface area (Å²) in [6, 6.07) is 5.96. The SMILES string of the molecule is CCN(CC(=O)NCc1ccc(F)cc1)C(=O)C1CCCCC1(C)N.Cl. The van der Waals surface area contributed by atoms with Crippen LogP contribution in [0.1, 0.15) is 45.1 Å². The minimum atomic E-state index is -0.507. The summed E-state index contributed by atoms with van der Waals surface area (Å²) in [4.78, 5) is 26.6. The number of carbonyl (C=O) groups excluding carboxylic acids is 2. The van der Waals surface area contributed by atoms with Crippen LogP contribution in [0.25, 0.3) is 0 Å². The first-order valence-corrected chi connectivity index (χ1v) is 8.92. The zero-order valence-corrected chi connectivity index (χ0v) is 16.3. The number of halogens is 2. The Balaban J connectivity index is 0.00000338. The second-order valence-electron chi connectivity index (χ2n) is 7.06. The summed E-state index contributed by atoms with van der Waals surface area (Å²) >= 11 is 0. The van der Waals surface area contributed by atoms with Crippen LogP contribution in [0.15, 0.2) is 24.3 Å². The van der Waals surface area contributed by atoms with Crippen LogP contribution >= 0.6 is 12.4 Å². The molecule has 0 aromatic heterocycles. The van der Waals surface area contributed by atoms with E-state index in [1.165, 1.54) is 12.1 Å². The lowest BCUT2D eigenvalue weighted by atomic mass is 9.74. The number of benzene rings is 1. The maximum absolute atomic E-state index is 12.9. The van der Waals surface area contributed by atoms with Gasteiger partial charge in [0, 0.05) is 18.6 Å². The zero-order valence-electron chi connectivity index (χ0n) is 15.5. The number of amides is 2. The lowest BCUT2D eigenvalue weighted by Crippen LogP contribution is -2.54. The molecule has 1 aliphatic rings. The Morgan fingerprint density at radius 2 is 1.96 bits per heavy atom. The van der Waals surface area contributed by atoms with Gasteiger partial charge in [0.1, 0.15) is 5.82 Å². The van der Waals surface area contributed by atoms with E-state index in [-0.39, 0.29) is 42.5 Å². The number of rotatable bonds is 6. The Labute approximate surface area is 160 Å². The first-order chi connectivity index (χ1) is 11.8. The third-order valence-electron chi connectivity index (χ3n) is 4.98. The molecule has 0 saturated heterocycles. The molecular weight excluding hydrogens is 357 g/mol. The summed E-state index contributed by atoms with van der Waals surface area (Å²) in [6.07, 6.45) is 3.65. The van der Waals surface area contributed by atoms with Crippen LogP contribution in [-0.2, 0) is 16.1 Å². The highest BCUT2D eigenvalue weighted by atomic mass is 35.5. The number of nitrogens with zero attached hydrogens (tertiary/aromatic N) is 1. The van der Waals surface area contributed by atoms with Gasteiger partial charge in [-0.05, 0) is 44.4 Å². The molecule has 2 rings (SSSR count). The van der Waals surface area contributed by atoms with E-state index in [0.717, 1.165) is 31.2 Å². The first-order valence-electron chi connectivity index (χ1n) is 8.92. The Bertz CT molecular complexity index is 607. The van der Waals surface area contributed by atoms with Crippen molar-refractivity contribution in [3.05, 3.63) is 35.6 Å². The van der Waals surface area contributed by atoms with E-state index in [1.807, 2.05) is 13.8 Å². The molecule has 2 unspecified atom stereocenters. The van der Waals surface area contributed by atoms with E-state index in [2.05, 4.69) is 5.32 Å².